The van der Waals surface area contributed by atoms with E-state index in [9.17, 15) is 5.11 Å². The van der Waals surface area contributed by atoms with Gasteiger partial charge in [0, 0.05) is 18.0 Å². The van der Waals surface area contributed by atoms with Gasteiger partial charge in [-0.1, -0.05) is 0 Å². The Balaban J connectivity index is 2.58. The van der Waals surface area contributed by atoms with E-state index in [1.807, 2.05) is 6.92 Å². The Labute approximate surface area is 93.6 Å². The van der Waals surface area contributed by atoms with Gasteiger partial charge in [0.25, 0.3) is 0 Å². The van der Waals surface area contributed by atoms with E-state index in [0.717, 1.165) is 11.1 Å². The van der Waals surface area contributed by atoms with Crippen molar-refractivity contribution >= 4 is 0 Å². The third-order valence-electron chi connectivity index (χ3n) is 2.32. The Kier molecular flexibility index (Phi) is 2.72. The minimum Gasteiger partial charge on any atom is -0.508 e. The Morgan fingerprint density at radius 3 is 2.62 bits per heavy atom. The first kappa shape index (κ1) is 10.4. The topological polar surface area (TPSA) is 55.2 Å². The molecule has 82 valence electrons. The van der Waals surface area contributed by atoms with Gasteiger partial charge in [0.15, 0.2) is 0 Å². The van der Waals surface area contributed by atoms with Crippen LogP contribution in [0.15, 0.2) is 30.6 Å². The lowest BCUT2D eigenvalue weighted by molar-refractivity contribution is 0.397. The summed E-state index contributed by atoms with van der Waals surface area (Å²) in [5, 5.41) is 9.34. The van der Waals surface area contributed by atoms with Gasteiger partial charge >= 0.3 is 0 Å². The molecule has 16 heavy (non-hydrogen) atoms. The summed E-state index contributed by atoms with van der Waals surface area (Å²) in [6.07, 6.45) is 3.20. The van der Waals surface area contributed by atoms with Gasteiger partial charge in [-0.3, -0.25) is 0 Å². The molecule has 0 atom stereocenters. The molecule has 1 aromatic carbocycles. The average Bonchev–Trinajstić information content (AvgIpc) is 2.29. The number of rotatable bonds is 2. The zero-order valence-electron chi connectivity index (χ0n) is 9.14. The number of hydrogen-bond donors (Lipinski definition) is 1. The van der Waals surface area contributed by atoms with Gasteiger partial charge in [-0.2, -0.15) is 0 Å². The Morgan fingerprint density at radius 1 is 1.19 bits per heavy atom. The minimum atomic E-state index is 0.240. The smallest absolute Gasteiger partial charge is 0.240 e. The first-order valence-corrected chi connectivity index (χ1v) is 4.87. The molecule has 0 fully saturated rings. The number of benzene rings is 1. The number of phenols is 1. The van der Waals surface area contributed by atoms with Crippen LogP contribution in [0.1, 0.15) is 5.56 Å². The monoisotopic (exact) mass is 216 g/mol. The highest BCUT2D eigenvalue weighted by molar-refractivity contribution is 5.68. The quantitative estimate of drug-likeness (QED) is 0.835. The maximum absolute atomic E-state index is 9.34. The van der Waals surface area contributed by atoms with E-state index >= 15 is 0 Å². The predicted octanol–water partition coefficient (Wildman–Crippen LogP) is 2.17. The lowest BCUT2D eigenvalue weighted by Crippen LogP contribution is -1.95. The van der Waals surface area contributed by atoms with E-state index < -0.39 is 0 Å². The highest BCUT2D eigenvalue weighted by atomic mass is 16.5. The van der Waals surface area contributed by atoms with Crippen molar-refractivity contribution in [3.8, 4) is 22.9 Å². The average molecular weight is 216 g/mol. The molecule has 0 amide bonds. The summed E-state index contributed by atoms with van der Waals surface area (Å²) in [6, 6.07) is 5.11. The van der Waals surface area contributed by atoms with E-state index in [0.29, 0.717) is 11.6 Å². The van der Waals surface area contributed by atoms with Gasteiger partial charge in [-0.05, 0) is 30.7 Å². The van der Waals surface area contributed by atoms with Gasteiger partial charge in [-0.25, -0.2) is 9.97 Å². The Hall–Kier alpha value is -2.10. The summed E-state index contributed by atoms with van der Waals surface area (Å²) >= 11 is 0. The molecule has 0 aliphatic rings. The summed E-state index contributed by atoms with van der Waals surface area (Å²) in [5.74, 6) is 0.723. The molecule has 0 aliphatic carbocycles. The zero-order chi connectivity index (χ0) is 11.5. The SMILES string of the molecule is COc1nccnc1-c1ccc(O)cc1C. The van der Waals surface area contributed by atoms with Crippen LogP contribution in [0.4, 0.5) is 0 Å². The summed E-state index contributed by atoms with van der Waals surface area (Å²) in [7, 11) is 1.56. The molecule has 1 aromatic heterocycles. The van der Waals surface area contributed by atoms with Crippen molar-refractivity contribution in [3.05, 3.63) is 36.2 Å². The molecule has 0 saturated heterocycles. The Morgan fingerprint density at radius 2 is 1.94 bits per heavy atom. The molecule has 4 nitrogen and oxygen atoms in total. The van der Waals surface area contributed by atoms with E-state index in [1.54, 1.807) is 37.7 Å². The van der Waals surface area contributed by atoms with E-state index in [-0.39, 0.29) is 5.75 Å². The molecular weight excluding hydrogens is 204 g/mol. The standard InChI is InChI=1S/C12H12N2O2/c1-8-7-9(15)3-4-10(8)11-12(16-2)14-6-5-13-11/h3-7,15H,1-2H3. The van der Waals surface area contributed by atoms with Crippen LogP contribution in [0.25, 0.3) is 11.3 Å². The van der Waals surface area contributed by atoms with Crippen molar-refractivity contribution in [2.24, 2.45) is 0 Å². The number of aromatic hydroxyl groups is 1. The molecule has 0 unspecified atom stereocenters. The van der Waals surface area contributed by atoms with Crippen LogP contribution in [-0.2, 0) is 0 Å². The molecular formula is C12H12N2O2. The molecule has 2 aromatic rings. The molecule has 0 saturated carbocycles. The van der Waals surface area contributed by atoms with Crippen LogP contribution < -0.4 is 4.74 Å². The molecule has 2 rings (SSSR count). The molecule has 0 bridgehead atoms. The first-order chi connectivity index (χ1) is 7.72. The van der Waals surface area contributed by atoms with E-state index in [4.69, 9.17) is 4.74 Å². The van der Waals surface area contributed by atoms with Crippen molar-refractivity contribution in [1.82, 2.24) is 9.97 Å². The fourth-order valence-corrected chi connectivity index (χ4v) is 1.57. The Bertz CT molecular complexity index is 512. The second-order valence-corrected chi connectivity index (χ2v) is 3.41. The maximum atomic E-state index is 9.34. The van der Waals surface area contributed by atoms with Crippen molar-refractivity contribution in [3.63, 3.8) is 0 Å². The fourth-order valence-electron chi connectivity index (χ4n) is 1.57. The molecule has 0 aliphatic heterocycles. The van der Waals surface area contributed by atoms with Gasteiger partial charge in [0.05, 0.1) is 7.11 Å². The number of ether oxygens (including phenoxy) is 1. The normalized spacial score (nSPS) is 10.1. The van der Waals surface area contributed by atoms with Gasteiger partial charge < -0.3 is 9.84 Å². The number of methoxy groups -OCH3 is 1. The van der Waals surface area contributed by atoms with Crippen LogP contribution in [0.5, 0.6) is 11.6 Å². The van der Waals surface area contributed by atoms with Crippen LogP contribution in [0, 0.1) is 6.92 Å². The number of hydrogen-bond acceptors (Lipinski definition) is 4. The highest BCUT2D eigenvalue weighted by Gasteiger charge is 2.10. The maximum Gasteiger partial charge on any atom is 0.240 e. The van der Waals surface area contributed by atoms with Crippen LogP contribution in [-0.4, -0.2) is 22.2 Å². The third-order valence-corrected chi connectivity index (χ3v) is 2.32. The largest absolute Gasteiger partial charge is 0.508 e. The number of aryl methyl sites for hydroxylation is 1. The third kappa shape index (κ3) is 1.82. The van der Waals surface area contributed by atoms with Crippen molar-refractivity contribution in [2.45, 2.75) is 6.92 Å². The van der Waals surface area contributed by atoms with E-state index in [1.165, 1.54) is 0 Å². The predicted molar refractivity (Wildman–Crippen MR) is 60.4 cm³/mol. The summed E-state index contributed by atoms with van der Waals surface area (Å²) in [5.41, 5.74) is 2.52. The first-order valence-electron chi connectivity index (χ1n) is 4.87. The molecule has 1 N–H and O–H groups in total. The van der Waals surface area contributed by atoms with Crippen LogP contribution in [0.2, 0.25) is 0 Å². The van der Waals surface area contributed by atoms with Crippen LogP contribution >= 0.6 is 0 Å². The second-order valence-electron chi connectivity index (χ2n) is 3.41. The number of phenolic OH excluding ortho intramolecular Hbond substituents is 1. The van der Waals surface area contributed by atoms with Crippen molar-refractivity contribution < 1.29 is 9.84 Å². The minimum absolute atomic E-state index is 0.240. The lowest BCUT2D eigenvalue weighted by atomic mass is 10.1. The lowest BCUT2D eigenvalue weighted by Gasteiger charge is -2.08. The van der Waals surface area contributed by atoms with Gasteiger partial charge in [-0.15, -0.1) is 0 Å². The molecule has 4 heteroatoms. The van der Waals surface area contributed by atoms with Crippen LogP contribution in [0.3, 0.4) is 0 Å². The zero-order valence-corrected chi connectivity index (χ0v) is 9.14. The summed E-state index contributed by atoms with van der Waals surface area (Å²) in [4.78, 5) is 8.33. The summed E-state index contributed by atoms with van der Waals surface area (Å²) < 4.78 is 5.15. The number of nitrogens with zero attached hydrogens (tertiary/aromatic N) is 2. The van der Waals surface area contributed by atoms with Gasteiger partial charge in [0.1, 0.15) is 11.4 Å². The van der Waals surface area contributed by atoms with Gasteiger partial charge in [0.2, 0.25) is 5.88 Å². The molecule has 0 spiro atoms. The van der Waals surface area contributed by atoms with E-state index in [2.05, 4.69) is 9.97 Å². The van der Waals surface area contributed by atoms with Crippen molar-refractivity contribution in [2.75, 3.05) is 7.11 Å². The molecule has 1 heterocycles. The fraction of sp³-hybridized carbons (Fsp3) is 0.167. The second kappa shape index (κ2) is 4.18. The summed E-state index contributed by atoms with van der Waals surface area (Å²) in [6.45, 7) is 1.91. The highest BCUT2D eigenvalue weighted by Crippen LogP contribution is 2.29. The number of aromatic nitrogens is 2. The molecule has 0 radical (unpaired) electrons. The van der Waals surface area contributed by atoms with Crippen molar-refractivity contribution in [1.29, 1.82) is 0 Å².